The van der Waals surface area contributed by atoms with Crippen LogP contribution in [0.15, 0.2) is 53.4 Å². The van der Waals surface area contributed by atoms with Gasteiger partial charge in [-0.2, -0.15) is 4.31 Å². The fourth-order valence-corrected chi connectivity index (χ4v) is 7.21. The molecule has 0 aromatic heterocycles. The van der Waals surface area contributed by atoms with Gasteiger partial charge in [-0.1, -0.05) is 71.9 Å². The van der Waals surface area contributed by atoms with E-state index >= 15 is 0 Å². The Kier molecular flexibility index (Phi) is 10.9. The number of amides is 2. The van der Waals surface area contributed by atoms with E-state index in [0.717, 1.165) is 18.4 Å². The smallest absolute Gasteiger partial charge is 0.243 e. The van der Waals surface area contributed by atoms with Crippen molar-refractivity contribution in [1.82, 2.24) is 20.3 Å². The molecule has 1 heterocycles. The summed E-state index contributed by atoms with van der Waals surface area (Å²) in [4.78, 5) is 27.0. The summed E-state index contributed by atoms with van der Waals surface area (Å²) in [7, 11) is -3.92. The molecule has 2 aliphatic rings. The lowest BCUT2D eigenvalue weighted by atomic mass is 9.79. The number of hydrogen-bond acceptors (Lipinski definition) is 7. The van der Waals surface area contributed by atoms with Gasteiger partial charge in [0.15, 0.2) is 11.5 Å². The molecule has 11 heteroatoms. The predicted molar refractivity (Wildman–Crippen MR) is 174 cm³/mol. The van der Waals surface area contributed by atoms with Crippen molar-refractivity contribution in [2.24, 2.45) is 17.3 Å². The average Bonchev–Trinajstić information content (AvgIpc) is 3.67. The Balaban J connectivity index is 1.61. The Morgan fingerprint density at radius 2 is 1.62 bits per heavy atom. The first-order valence-corrected chi connectivity index (χ1v) is 17.3. The number of nitrogens with one attached hydrogen (secondary N) is 3. The zero-order valence-electron chi connectivity index (χ0n) is 27.7. The zero-order chi connectivity index (χ0) is 33.0. The van der Waals surface area contributed by atoms with Crippen molar-refractivity contribution in [3.63, 3.8) is 0 Å². The van der Waals surface area contributed by atoms with Crippen LogP contribution in [0.3, 0.4) is 0 Å². The van der Waals surface area contributed by atoms with Crippen molar-refractivity contribution in [2.75, 3.05) is 26.4 Å². The minimum absolute atomic E-state index is 0.0517. The Morgan fingerprint density at radius 3 is 2.24 bits per heavy atom. The summed E-state index contributed by atoms with van der Waals surface area (Å²) >= 11 is 0. The fourth-order valence-electron chi connectivity index (χ4n) is 5.50. The minimum atomic E-state index is -3.92. The second-order valence-corrected chi connectivity index (χ2v) is 16.2. The molecule has 3 atom stereocenters. The molecule has 0 spiro atoms. The molecule has 3 N–H and O–H groups in total. The first-order valence-electron chi connectivity index (χ1n) is 15.9. The van der Waals surface area contributed by atoms with Crippen LogP contribution in [0.25, 0.3) is 0 Å². The van der Waals surface area contributed by atoms with Crippen molar-refractivity contribution in [3.05, 3.63) is 54.1 Å². The highest BCUT2D eigenvalue weighted by molar-refractivity contribution is 7.89. The molecule has 1 aliphatic carbocycles. The van der Waals surface area contributed by atoms with Crippen molar-refractivity contribution in [3.8, 4) is 11.5 Å². The quantitative estimate of drug-likeness (QED) is 0.267. The number of ether oxygens (including phenoxy) is 2. The Labute approximate surface area is 268 Å². The first-order chi connectivity index (χ1) is 21.1. The maximum absolute atomic E-state index is 14.1. The van der Waals surface area contributed by atoms with E-state index in [1.807, 2.05) is 78.8 Å². The third-order valence-electron chi connectivity index (χ3n) is 8.50. The van der Waals surface area contributed by atoms with E-state index in [2.05, 4.69) is 16.0 Å². The Bertz CT molecular complexity index is 1440. The van der Waals surface area contributed by atoms with E-state index in [9.17, 15) is 18.0 Å². The van der Waals surface area contributed by atoms with Gasteiger partial charge in [0.2, 0.25) is 28.6 Å². The van der Waals surface area contributed by atoms with E-state index in [1.54, 1.807) is 12.1 Å². The number of carbonyl (C=O) groups excluding carboxylic acids is 2. The molecule has 248 valence electrons. The van der Waals surface area contributed by atoms with Crippen molar-refractivity contribution in [1.29, 1.82) is 0 Å². The van der Waals surface area contributed by atoms with Crippen LogP contribution in [0.1, 0.15) is 66.9 Å². The van der Waals surface area contributed by atoms with Crippen LogP contribution in [-0.2, 0) is 26.0 Å². The molecule has 0 bridgehead atoms. The summed E-state index contributed by atoms with van der Waals surface area (Å²) in [6.45, 7) is 14.3. The number of hydrogen-bond donors (Lipinski definition) is 3. The number of sulfonamides is 1. The van der Waals surface area contributed by atoms with Crippen LogP contribution in [0.2, 0.25) is 0 Å². The summed E-state index contributed by atoms with van der Waals surface area (Å²) in [6, 6.07) is 14.1. The molecule has 45 heavy (non-hydrogen) atoms. The van der Waals surface area contributed by atoms with E-state index < -0.39 is 27.0 Å². The molecular formula is C34H50N4O6S. The monoisotopic (exact) mass is 642 g/mol. The lowest BCUT2D eigenvalue weighted by molar-refractivity contribution is -0.133. The van der Waals surface area contributed by atoms with Crippen LogP contribution in [0, 0.1) is 17.3 Å². The second-order valence-electron chi connectivity index (χ2n) is 14.2. The third-order valence-corrected chi connectivity index (χ3v) is 10.3. The first kappa shape index (κ1) is 34.7. The number of fused-ring (bicyclic) bond motifs is 1. The molecule has 1 saturated carbocycles. The largest absolute Gasteiger partial charge is 0.454 e. The fraction of sp³-hybridized carbons (Fsp3) is 0.588. The molecule has 2 amide bonds. The highest BCUT2D eigenvalue weighted by Crippen LogP contribution is 2.35. The van der Waals surface area contributed by atoms with Gasteiger partial charge < -0.3 is 25.4 Å². The molecule has 4 rings (SSSR count). The van der Waals surface area contributed by atoms with E-state index in [-0.39, 0.29) is 48.4 Å². The second kappa shape index (κ2) is 14.1. The standard InChI is InChI=1S/C34H50N4O6S/c1-23(2)20-38(45(41,42)27-15-16-28-29(17-27)44-22-43-28)21-24(3)34(7,18-25-11-9-8-10-12-25)37-32(40)31(33(4,5)6)36-30(39)19-35-26-13-14-26/h8-12,15-17,23-24,26,31,35H,13-14,18-22H2,1-7H3,(H,36,39)(H,37,40)/t24-,31-,34?/m1/s1. The molecular weight excluding hydrogens is 592 g/mol. The van der Waals surface area contributed by atoms with Gasteiger partial charge in [0, 0.05) is 30.7 Å². The molecule has 0 saturated heterocycles. The molecule has 0 radical (unpaired) electrons. The van der Waals surface area contributed by atoms with Crippen LogP contribution in [-0.4, -0.2) is 68.6 Å². The van der Waals surface area contributed by atoms with Crippen LogP contribution in [0.4, 0.5) is 0 Å². The van der Waals surface area contributed by atoms with E-state index in [1.165, 1.54) is 10.4 Å². The maximum Gasteiger partial charge on any atom is 0.243 e. The van der Waals surface area contributed by atoms with Crippen LogP contribution >= 0.6 is 0 Å². The summed E-state index contributed by atoms with van der Waals surface area (Å²) < 4.78 is 40.5. The molecule has 10 nitrogen and oxygen atoms in total. The summed E-state index contributed by atoms with van der Waals surface area (Å²) in [5, 5.41) is 9.45. The minimum Gasteiger partial charge on any atom is -0.454 e. The van der Waals surface area contributed by atoms with Gasteiger partial charge in [-0.3, -0.25) is 9.59 Å². The molecule has 1 unspecified atom stereocenters. The van der Waals surface area contributed by atoms with Crippen molar-refractivity contribution >= 4 is 21.8 Å². The number of nitrogens with zero attached hydrogens (tertiary/aromatic N) is 1. The third kappa shape index (κ3) is 9.20. The summed E-state index contributed by atoms with van der Waals surface area (Å²) in [5.41, 5.74) is -0.424. The van der Waals surface area contributed by atoms with E-state index in [4.69, 9.17) is 9.47 Å². The SMILES string of the molecule is CC(C)CN(C[C@@H](C)C(C)(Cc1ccccc1)NC(=O)[C@@H](NC(=O)CNC1CC1)C(C)(C)C)S(=O)(=O)c1ccc2c(c1)OCO2. The maximum atomic E-state index is 14.1. The summed E-state index contributed by atoms with van der Waals surface area (Å²) in [6.07, 6.45) is 2.59. The van der Waals surface area contributed by atoms with Gasteiger partial charge in [0.25, 0.3) is 0 Å². The summed E-state index contributed by atoms with van der Waals surface area (Å²) in [5.74, 6) is 0.115. The normalized spacial score (nSPS) is 17.5. The van der Waals surface area contributed by atoms with Gasteiger partial charge in [0.05, 0.1) is 11.4 Å². The Hall–Kier alpha value is -3.15. The zero-order valence-corrected chi connectivity index (χ0v) is 28.5. The topological polar surface area (TPSA) is 126 Å². The van der Waals surface area contributed by atoms with Gasteiger partial charge in [-0.25, -0.2) is 8.42 Å². The van der Waals surface area contributed by atoms with Crippen LogP contribution < -0.4 is 25.4 Å². The lowest BCUT2D eigenvalue weighted by Gasteiger charge is -2.42. The van der Waals surface area contributed by atoms with Gasteiger partial charge >= 0.3 is 0 Å². The molecule has 1 aliphatic heterocycles. The molecule has 2 aromatic carbocycles. The van der Waals surface area contributed by atoms with Crippen LogP contribution in [0.5, 0.6) is 11.5 Å². The van der Waals surface area contributed by atoms with Gasteiger partial charge in [-0.05, 0) is 61.1 Å². The molecule has 2 aromatic rings. The van der Waals surface area contributed by atoms with Gasteiger partial charge in [0.1, 0.15) is 6.04 Å². The highest BCUT2D eigenvalue weighted by Gasteiger charge is 2.41. The predicted octanol–water partition coefficient (Wildman–Crippen LogP) is 4.10. The number of benzene rings is 2. The molecule has 1 fully saturated rings. The van der Waals surface area contributed by atoms with Crippen molar-refractivity contribution < 1.29 is 27.5 Å². The Morgan fingerprint density at radius 1 is 0.956 bits per heavy atom. The number of rotatable bonds is 15. The van der Waals surface area contributed by atoms with Gasteiger partial charge in [-0.15, -0.1) is 0 Å². The van der Waals surface area contributed by atoms with E-state index in [0.29, 0.717) is 30.5 Å². The highest BCUT2D eigenvalue weighted by atomic mass is 32.2. The van der Waals surface area contributed by atoms with Crippen molar-refractivity contribution in [2.45, 2.75) is 90.2 Å². The number of carbonyl (C=O) groups is 2. The lowest BCUT2D eigenvalue weighted by Crippen LogP contribution is -2.62. The average molecular weight is 643 g/mol.